The van der Waals surface area contributed by atoms with Gasteiger partial charge in [-0.2, -0.15) is 0 Å². The van der Waals surface area contributed by atoms with Gasteiger partial charge in [-0.1, -0.05) is 22.0 Å². The van der Waals surface area contributed by atoms with Crippen LogP contribution in [0.4, 0.5) is 0 Å². The van der Waals surface area contributed by atoms with Gasteiger partial charge in [0.05, 0.1) is 12.8 Å². The third-order valence-electron chi connectivity index (χ3n) is 4.64. The number of nitrogens with zero attached hydrogens (tertiary/aromatic N) is 3. The maximum absolute atomic E-state index is 12.4. The van der Waals surface area contributed by atoms with Crippen LogP contribution in [-0.2, 0) is 6.54 Å². The number of amides is 1. The normalized spacial score (nSPS) is 15.1. The summed E-state index contributed by atoms with van der Waals surface area (Å²) in [5.74, 6) is 1.24. The van der Waals surface area contributed by atoms with Gasteiger partial charge in [-0.15, -0.1) is 0 Å². The highest BCUT2D eigenvalue weighted by Gasteiger charge is 2.25. The van der Waals surface area contributed by atoms with Gasteiger partial charge >= 0.3 is 0 Å². The zero-order valence-electron chi connectivity index (χ0n) is 15.7. The summed E-state index contributed by atoms with van der Waals surface area (Å²) in [5, 5.41) is 3.37. The molecular weight excluding hydrogens is 408 g/mol. The van der Waals surface area contributed by atoms with Crippen LogP contribution < -0.4 is 5.32 Å². The van der Waals surface area contributed by atoms with Gasteiger partial charge in [0.2, 0.25) is 0 Å². The Hall–Kier alpha value is -2.28. The van der Waals surface area contributed by atoms with Gasteiger partial charge in [-0.05, 0) is 49.2 Å². The molecule has 2 heterocycles. The molecule has 144 valence electrons. The molecule has 0 aliphatic carbocycles. The first-order valence-electron chi connectivity index (χ1n) is 9.19. The molecule has 1 aliphatic heterocycles. The van der Waals surface area contributed by atoms with Crippen molar-refractivity contribution >= 4 is 27.8 Å². The number of guanidine groups is 1. The SMILES string of the molecule is CCNC(=NCc1ccc(Br)cc1C)N1CCN(C(=O)c2ccco2)CC1. The lowest BCUT2D eigenvalue weighted by atomic mass is 10.1. The van der Waals surface area contributed by atoms with E-state index in [0.717, 1.165) is 30.1 Å². The number of nitrogens with one attached hydrogen (secondary N) is 1. The molecule has 0 saturated carbocycles. The zero-order valence-corrected chi connectivity index (χ0v) is 17.3. The Morgan fingerprint density at radius 2 is 1.96 bits per heavy atom. The Kier molecular flexibility index (Phi) is 6.55. The van der Waals surface area contributed by atoms with Gasteiger partial charge in [0.1, 0.15) is 0 Å². The van der Waals surface area contributed by atoms with E-state index < -0.39 is 0 Å². The minimum Gasteiger partial charge on any atom is -0.459 e. The Morgan fingerprint density at radius 3 is 2.59 bits per heavy atom. The van der Waals surface area contributed by atoms with Gasteiger partial charge < -0.3 is 19.5 Å². The maximum Gasteiger partial charge on any atom is 0.289 e. The van der Waals surface area contributed by atoms with Crippen LogP contribution >= 0.6 is 15.9 Å². The van der Waals surface area contributed by atoms with E-state index in [1.807, 2.05) is 11.0 Å². The van der Waals surface area contributed by atoms with E-state index in [1.54, 1.807) is 12.1 Å². The van der Waals surface area contributed by atoms with Crippen molar-refractivity contribution in [1.82, 2.24) is 15.1 Å². The summed E-state index contributed by atoms with van der Waals surface area (Å²) in [6.07, 6.45) is 1.53. The van der Waals surface area contributed by atoms with E-state index in [9.17, 15) is 4.79 Å². The minimum atomic E-state index is -0.0490. The number of aryl methyl sites for hydroxylation is 1. The van der Waals surface area contributed by atoms with Gasteiger partial charge in [-0.3, -0.25) is 4.79 Å². The molecule has 27 heavy (non-hydrogen) atoms. The molecule has 0 unspecified atom stereocenters. The molecule has 1 saturated heterocycles. The van der Waals surface area contributed by atoms with E-state index >= 15 is 0 Å². The van der Waals surface area contributed by atoms with Crippen LogP contribution in [0.3, 0.4) is 0 Å². The first-order chi connectivity index (χ1) is 13.1. The molecule has 1 aliphatic rings. The summed E-state index contributed by atoms with van der Waals surface area (Å²) < 4.78 is 6.30. The van der Waals surface area contributed by atoms with Crippen LogP contribution in [0.15, 0.2) is 50.5 Å². The summed E-state index contributed by atoms with van der Waals surface area (Å²) in [7, 11) is 0. The highest BCUT2D eigenvalue weighted by atomic mass is 79.9. The second kappa shape index (κ2) is 9.08. The number of carbonyl (C=O) groups is 1. The van der Waals surface area contributed by atoms with Crippen LogP contribution in [0, 0.1) is 6.92 Å². The lowest BCUT2D eigenvalue weighted by Crippen LogP contribution is -2.53. The smallest absolute Gasteiger partial charge is 0.289 e. The van der Waals surface area contributed by atoms with Crippen molar-refractivity contribution in [3.63, 3.8) is 0 Å². The van der Waals surface area contributed by atoms with E-state index in [1.165, 1.54) is 17.4 Å². The molecule has 1 fully saturated rings. The molecular formula is C20H25BrN4O2. The average Bonchev–Trinajstić information content (AvgIpc) is 3.21. The molecule has 0 bridgehead atoms. The van der Waals surface area contributed by atoms with Gasteiger partial charge in [-0.25, -0.2) is 4.99 Å². The number of hydrogen-bond donors (Lipinski definition) is 1. The molecule has 0 atom stereocenters. The van der Waals surface area contributed by atoms with E-state index in [-0.39, 0.29) is 5.91 Å². The topological polar surface area (TPSA) is 61.1 Å². The van der Waals surface area contributed by atoms with Gasteiger partial charge in [0.25, 0.3) is 5.91 Å². The van der Waals surface area contributed by atoms with Crippen molar-refractivity contribution in [2.45, 2.75) is 20.4 Å². The molecule has 6 nitrogen and oxygen atoms in total. The lowest BCUT2D eigenvalue weighted by molar-refractivity contribution is 0.0657. The molecule has 1 aromatic heterocycles. The van der Waals surface area contributed by atoms with E-state index in [0.29, 0.717) is 25.4 Å². The fourth-order valence-electron chi connectivity index (χ4n) is 3.10. The zero-order chi connectivity index (χ0) is 19.2. The first kappa shape index (κ1) is 19.5. The summed E-state index contributed by atoms with van der Waals surface area (Å²) >= 11 is 3.50. The number of hydrogen-bond acceptors (Lipinski definition) is 3. The van der Waals surface area contributed by atoms with Crippen molar-refractivity contribution in [1.29, 1.82) is 0 Å². The number of aliphatic imine (C=N–C) groups is 1. The van der Waals surface area contributed by atoms with Crippen LogP contribution in [-0.4, -0.2) is 54.4 Å². The number of rotatable bonds is 4. The van der Waals surface area contributed by atoms with Gasteiger partial charge in [0.15, 0.2) is 11.7 Å². The van der Waals surface area contributed by atoms with Gasteiger partial charge in [0, 0.05) is 37.2 Å². The third kappa shape index (κ3) is 4.91. The largest absolute Gasteiger partial charge is 0.459 e. The molecule has 2 aromatic rings. The highest BCUT2D eigenvalue weighted by Crippen LogP contribution is 2.17. The number of benzene rings is 1. The Bertz CT molecular complexity index is 796. The Labute approximate surface area is 168 Å². The van der Waals surface area contributed by atoms with Crippen molar-refractivity contribution in [3.8, 4) is 0 Å². The highest BCUT2D eigenvalue weighted by molar-refractivity contribution is 9.10. The second-order valence-electron chi connectivity index (χ2n) is 6.50. The molecule has 1 N–H and O–H groups in total. The predicted molar refractivity (Wildman–Crippen MR) is 110 cm³/mol. The molecule has 1 amide bonds. The van der Waals surface area contributed by atoms with Crippen molar-refractivity contribution in [2.24, 2.45) is 4.99 Å². The maximum atomic E-state index is 12.4. The summed E-state index contributed by atoms with van der Waals surface area (Å²) in [4.78, 5) is 21.3. The number of piperazine rings is 1. The predicted octanol–water partition coefficient (Wildman–Crippen LogP) is 3.27. The van der Waals surface area contributed by atoms with Crippen LogP contribution in [0.5, 0.6) is 0 Å². The van der Waals surface area contributed by atoms with E-state index in [2.05, 4.69) is 52.1 Å². The fourth-order valence-corrected chi connectivity index (χ4v) is 3.58. The summed E-state index contributed by atoms with van der Waals surface area (Å²) in [5.41, 5.74) is 2.43. The molecule has 0 radical (unpaired) electrons. The first-order valence-corrected chi connectivity index (χ1v) is 9.99. The number of halogens is 1. The summed E-state index contributed by atoms with van der Waals surface area (Å²) in [6.45, 7) is 8.41. The number of furan rings is 1. The average molecular weight is 433 g/mol. The Balaban J connectivity index is 1.63. The van der Waals surface area contributed by atoms with Crippen LogP contribution in [0.2, 0.25) is 0 Å². The fraction of sp³-hybridized carbons (Fsp3) is 0.400. The quantitative estimate of drug-likeness (QED) is 0.594. The van der Waals surface area contributed by atoms with Crippen molar-refractivity contribution < 1.29 is 9.21 Å². The number of carbonyl (C=O) groups excluding carboxylic acids is 1. The standard InChI is InChI=1S/C20H25BrN4O2/c1-3-22-20(23-14-16-6-7-17(21)13-15(16)2)25-10-8-24(9-11-25)19(26)18-5-4-12-27-18/h4-7,12-13H,3,8-11,14H2,1-2H3,(H,22,23). The molecule has 7 heteroatoms. The van der Waals surface area contributed by atoms with Crippen molar-refractivity contribution in [3.05, 3.63) is 58.0 Å². The summed E-state index contributed by atoms with van der Waals surface area (Å²) in [6, 6.07) is 9.71. The van der Waals surface area contributed by atoms with E-state index in [4.69, 9.17) is 9.41 Å². The van der Waals surface area contributed by atoms with Crippen molar-refractivity contribution in [2.75, 3.05) is 32.7 Å². The molecule has 1 aromatic carbocycles. The Morgan fingerprint density at radius 1 is 1.22 bits per heavy atom. The molecule has 0 spiro atoms. The van der Waals surface area contributed by atoms with Crippen LogP contribution in [0.25, 0.3) is 0 Å². The third-order valence-corrected chi connectivity index (χ3v) is 5.13. The molecule has 3 rings (SSSR count). The minimum absolute atomic E-state index is 0.0490. The monoisotopic (exact) mass is 432 g/mol. The second-order valence-corrected chi connectivity index (χ2v) is 7.41. The van der Waals surface area contributed by atoms with Crippen LogP contribution in [0.1, 0.15) is 28.6 Å². The lowest BCUT2D eigenvalue weighted by Gasteiger charge is -2.36.